The molecule has 2 rings (SSSR count). The summed E-state index contributed by atoms with van der Waals surface area (Å²) in [4.78, 5) is 2.43. The van der Waals surface area contributed by atoms with Gasteiger partial charge in [-0.3, -0.25) is 4.90 Å². The minimum Gasteiger partial charge on any atom is -0.381 e. The molecule has 0 aliphatic carbocycles. The van der Waals surface area contributed by atoms with Crippen LogP contribution in [0.2, 0.25) is 0 Å². The van der Waals surface area contributed by atoms with Crippen LogP contribution < -0.4 is 5.73 Å². The van der Waals surface area contributed by atoms with Gasteiger partial charge in [0.15, 0.2) is 0 Å². The largest absolute Gasteiger partial charge is 0.381 e. The molecule has 106 valence electrons. The first-order valence-corrected chi connectivity index (χ1v) is 7.21. The van der Waals surface area contributed by atoms with Gasteiger partial charge >= 0.3 is 0 Å². The van der Waals surface area contributed by atoms with Crippen LogP contribution in [0.15, 0.2) is 24.3 Å². The smallest absolute Gasteiger partial charge is 0.0484 e. The van der Waals surface area contributed by atoms with Crippen molar-refractivity contribution >= 4 is 0 Å². The van der Waals surface area contributed by atoms with E-state index in [1.165, 1.54) is 11.1 Å². The summed E-state index contributed by atoms with van der Waals surface area (Å²) in [7, 11) is 2.20. The highest BCUT2D eigenvalue weighted by Gasteiger charge is 2.34. The molecule has 3 nitrogen and oxygen atoms in total. The van der Waals surface area contributed by atoms with E-state index in [1.54, 1.807) is 0 Å². The Labute approximate surface area is 116 Å². The third-order valence-corrected chi connectivity index (χ3v) is 4.50. The molecule has 1 unspecified atom stereocenters. The fourth-order valence-electron chi connectivity index (χ4n) is 2.94. The number of benzene rings is 1. The second-order valence-electron chi connectivity index (χ2n) is 5.68. The zero-order chi connectivity index (χ0) is 13.7. The Kier molecular flexibility index (Phi) is 4.97. The van der Waals surface area contributed by atoms with Gasteiger partial charge in [0.25, 0.3) is 0 Å². The topological polar surface area (TPSA) is 38.5 Å². The van der Waals surface area contributed by atoms with Gasteiger partial charge in [0, 0.05) is 31.8 Å². The summed E-state index contributed by atoms with van der Waals surface area (Å²) in [6.45, 7) is 5.55. The van der Waals surface area contributed by atoms with E-state index in [2.05, 4.69) is 43.1 Å². The van der Waals surface area contributed by atoms with E-state index in [0.717, 1.165) is 39.0 Å². The molecule has 0 radical (unpaired) electrons. The third kappa shape index (κ3) is 3.35. The second kappa shape index (κ2) is 6.51. The number of likely N-dealkylation sites (N-methyl/N-ethyl adjacent to an activating group) is 1. The SMILES string of the molecule is Cc1ccccc1CN(C)C1(CN)CCCOCC1. The molecule has 2 N–H and O–H groups in total. The maximum absolute atomic E-state index is 6.10. The van der Waals surface area contributed by atoms with Crippen molar-refractivity contribution in [2.24, 2.45) is 5.73 Å². The normalized spacial score (nSPS) is 24.4. The molecule has 0 bridgehead atoms. The molecule has 1 aliphatic heterocycles. The van der Waals surface area contributed by atoms with Crippen molar-refractivity contribution in [1.82, 2.24) is 4.90 Å². The lowest BCUT2D eigenvalue weighted by atomic mass is 9.88. The van der Waals surface area contributed by atoms with Crippen LogP contribution in [0.4, 0.5) is 0 Å². The Morgan fingerprint density at radius 2 is 2.05 bits per heavy atom. The van der Waals surface area contributed by atoms with Gasteiger partial charge in [-0.25, -0.2) is 0 Å². The van der Waals surface area contributed by atoms with E-state index in [4.69, 9.17) is 10.5 Å². The number of nitrogens with zero attached hydrogens (tertiary/aromatic N) is 1. The van der Waals surface area contributed by atoms with Crippen LogP contribution in [0.25, 0.3) is 0 Å². The Morgan fingerprint density at radius 1 is 1.26 bits per heavy atom. The minimum absolute atomic E-state index is 0.0960. The van der Waals surface area contributed by atoms with E-state index >= 15 is 0 Å². The number of nitrogens with two attached hydrogens (primary N) is 1. The maximum Gasteiger partial charge on any atom is 0.0484 e. The second-order valence-corrected chi connectivity index (χ2v) is 5.68. The Morgan fingerprint density at radius 3 is 2.79 bits per heavy atom. The highest BCUT2D eigenvalue weighted by atomic mass is 16.5. The van der Waals surface area contributed by atoms with Gasteiger partial charge < -0.3 is 10.5 Å². The molecular formula is C16H26N2O. The third-order valence-electron chi connectivity index (χ3n) is 4.50. The molecule has 1 atom stereocenters. The zero-order valence-corrected chi connectivity index (χ0v) is 12.2. The van der Waals surface area contributed by atoms with Crippen molar-refractivity contribution in [3.05, 3.63) is 35.4 Å². The molecule has 0 saturated carbocycles. The monoisotopic (exact) mass is 262 g/mol. The van der Waals surface area contributed by atoms with Crippen molar-refractivity contribution in [1.29, 1.82) is 0 Å². The van der Waals surface area contributed by atoms with E-state index in [9.17, 15) is 0 Å². The molecule has 1 aliphatic rings. The van der Waals surface area contributed by atoms with Crippen LogP contribution in [0.3, 0.4) is 0 Å². The summed E-state index contributed by atoms with van der Waals surface area (Å²) < 4.78 is 5.59. The van der Waals surface area contributed by atoms with E-state index < -0.39 is 0 Å². The van der Waals surface area contributed by atoms with Gasteiger partial charge in [-0.2, -0.15) is 0 Å². The van der Waals surface area contributed by atoms with E-state index in [0.29, 0.717) is 6.54 Å². The first-order chi connectivity index (χ1) is 9.18. The van der Waals surface area contributed by atoms with Gasteiger partial charge in [0.2, 0.25) is 0 Å². The number of ether oxygens (including phenoxy) is 1. The van der Waals surface area contributed by atoms with Crippen molar-refractivity contribution in [2.45, 2.75) is 38.3 Å². The van der Waals surface area contributed by atoms with Gasteiger partial charge in [-0.15, -0.1) is 0 Å². The van der Waals surface area contributed by atoms with Gasteiger partial charge in [-0.1, -0.05) is 24.3 Å². The molecule has 3 heteroatoms. The van der Waals surface area contributed by atoms with Gasteiger partial charge in [0.05, 0.1) is 0 Å². The average molecular weight is 262 g/mol. The fourth-order valence-corrected chi connectivity index (χ4v) is 2.94. The summed E-state index contributed by atoms with van der Waals surface area (Å²) >= 11 is 0. The first kappa shape index (κ1) is 14.5. The summed E-state index contributed by atoms with van der Waals surface area (Å²) in [5.41, 5.74) is 8.94. The summed E-state index contributed by atoms with van der Waals surface area (Å²) in [6.07, 6.45) is 3.27. The highest BCUT2D eigenvalue weighted by Crippen LogP contribution is 2.28. The van der Waals surface area contributed by atoms with Crippen LogP contribution in [0, 0.1) is 6.92 Å². The molecule has 0 aromatic heterocycles. The molecule has 1 aromatic carbocycles. The van der Waals surface area contributed by atoms with E-state index in [1.807, 2.05) is 0 Å². The lowest BCUT2D eigenvalue weighted by Crippen LogP contribution is -2.52. The van der Waals surface area contributed by atoms with Crippen LogP contribution in [0.5, 0.6) is 0 Å². The molecular weight excluding hydrogens is 236 g/mol. The van der Waals surface area contributed by atoms with E-state index in [-0.39, 0.29) is 5.54 Å². The fraction of sp³-hybridized carbons (Fsp3) is 0.625. The Balaban J connectivity index is 2.12. The predicted octanol–water partition coefficient (Wildman–Crippen LogP) is 2.32. The van der Waals surface area contributed by atoms with Crippen molar-refractivity contribution in [3.63, 3.8) is 0 Å². The maximum atomic E-state index is 6.10. The molecule has 1 aromatic rings. The van der Waals surface area contributed by atoms with Gasteiger partial charge in [0.1, 0.15) is 0 Å². The minimum atomic E-state index is 0.0960. The quantitative estimate of drug-likeness (QED) is 0.905. The molecule has 1 heterocycles. The highest BCUT2D eigenvalue weighted by molar-refractivity contribution is 5.25. The van der Waals surface area contributed by atoms with Crippen molar-refractivity contribution < 1.29 is 4.74 Å². The number of hydrogen-bond acceptors (Lipinski definition) is 3. The Bertz CT molecular complexity index is 397. The number of rotatable bonds is 4. The molecule has 0 amide bonds. The molecule has 0 spiro atoms. The first-order valence-electron chi connectivity index (χ1n) is 7.21. The average Bonchev–Trinajstić information content (AvgIpc) is 2.67. The molecule has 1 fully saturated rings. The lowest BCUT2D eigenvalue weighted by molar-refractivity contribution is 0.0834. The number of hydrogen-bond donors (Lipinski definition) is 1. The molecule has 19 heavy (non-hydrogen) atoms. The summed E-state index contributed by atoms with van der Waals surface area (Å²) in [6, 6.07) is 8.59. The van der Waals surface area contributed by atoms with Crippen molar-refractivity contribution in [2.75, 3.05) is 26.8 Å². The van der Waals surface area contributed by atoms with Crippen LogP contribution in [-0.4, -0.2) is 37.2 Å². The zero-order valence-electron chi connectivity index (χ0n) is 12.2. The van der Waals surface area contributed by atoms with Crippen LogP contribution >= 0.6 is 0 Å². The van der Waals surface area contributed by atoms with Crippen molar-refractivity contribution in [3.8, 4) is 0 Å². The standard InChI is InChI=1S/C16H26N2O/c1-14-6-3-4-7-15(14)12-18(2)16(13-17)8-5-10-19-11-9-16/h3-4,6-7H,5,8-13,17H2,1-2H3. The van der Waals surface area contributed by atoms with Gasteiger partial charge in [-0.05, 0) is 44.4 Å². The molecule has 1 saturated heterocycles. The lowest BCUT2D eigenvalue weighted by Gasteiger charge is -2.40. The Hall–Kier alpha value is -0.900. The van der Waals surface area contributed by atoms with Crippen LogP contribution in [-0.2, 0) is 11.3 Å². The summed E-state index contributed by atoms with van der Waals surface area (Å²) in [5, 5.41) is 0. The summed E-state index contributed by atoms with van der Waals surface area (Å²) in [5.74, 6) is 0. The number of aryl methyl sites for hydroxylation is 1. The van der Waals surface area contributed by atoms with Crippen LogP contribution in [0.1, 0.15) is 30.4 Å². The predicted molar refractivity (Wildman–Crippen MR) is 79.1 cm³/mol.